The Morgan fingerprint density at radius 3 is 0.729 bits per heavy atom. The van der Waals surface area contributed by atoms with Gasteiger partial charge in [-0.25, -0.2) is 4.79 Å². The Morgan fingerprint density at radius 1 is 0.314 bits per heavy atom. The first-order valence-electron chi connectivity index (χ1n) is 22.2. The number of carbonyl (C=O) groups is 1. The largest absolute Gasteiger partial charge is 0.394 e. The van der Waals surface area contributed by atoms with Crippen LogP contribution in [0.25, 0.3) is 0 Å². The van der Waals surface area contributed by atoms with Crippen LogP contribution in [0.5, 0.6) is 0 Å². The van der Waals surface area contributed by atoms with Gasteiger partial charge in [-0.05, 0) is 0 Å². The van der Waals surface area contributed by atoms with Crippen molar-refractivity contribution in [2.24, 2.45) is 0 Å². The summed E-state index contributed by atoms with van der Waals surface area (Å²) in [4.78, 5) is 21.7. The van der Waals surface area contributed by atoms with Gasteiger partial charge in [-0.2, -0.15) is 4.89 Å². The van der Waals surface area contributed by atoms with Crippen LogP contribution in [-0.2, 0) is 71.4 Å². The first-order valence-corrected chi connectivity index (χ1v) is 22.2. The Bertz CT molecular complexity index is 1640. The first kappa shape index (κ1) is 56.0. The van der Waals surface area contributed by atoms with Crippen molar-refractivity contribution in [3.8, 4) is 0 Å². The van der Waals surface area contributed by atoms with E-state index in [1.54, 1.807) is 0 Å². The topological polar surface area (TPSA) is 490 Å². The molecule has 22 aliphatic rings. The number of rotatable bonds is 8. The lowest BCUT2D eigenvalue weighted by Gasteiger charge is -2.50. The Balaban J connectivity index is 1.22. The van der Waals surface area contributed by atoms with Crippen molar-refractivity contribution in [1.82, 2.24) is 0 Å². The molecule has 12 bridgehead atoms. The molecule has 0 amide bonds. The van der Waals surface area contributed by atoms with E-state index < -0.39 is 230 Å². The third-order valence-electron chi connectivity index (χ3n) is 12.9. The van der Waals surface area contributed by atoms with Crippen LogP contribution in [-0.4, -0.2) is 317 Å². The van der Waals surface area contributed by atoms with Gasteiger partial charge in [-0.15, -0.1) is 0 Å². The van der Waals surface area contributed by atoms with Crippen LogP contribution in [0.4, 0.5) is 0 Å². The van der Waals surface area contributed by atoms with Gasteiger partial charge in [0.15, 0.2) is 43.8 Å². The Labute approximate surface area is 394 Å². The maximum absolute atomic E-state index is 11.9. The van der Waals surface area contributed by atoms with Gasteiger partial charge in [0.05, 0.1) is 39.6 Å². The first-order chi connectivity index (χ1) is 33.3. The predicted octanol–water partition coefficient (Wildman–Crippen LogP) is -12.6. The summed E-state index contributed by atoms with van der Waals surface area (Å²) in [6.45, 7) is -5.28. The van der Waals surface area contributed by atoms with Crippen LogP contribution in [0.2, 0.25) is 0 Å². The molecule has 22 heterocycles. The number of aliphatic hydroxyl groups is 17. The monoisotopic (exact) mass is 1030 g/mol. The minimum absolute atomic E-state index is 0.894. The molecule has 0 radical (unpaired) electrons. The summed E-state index contributed by atoms with van der Waals surface area (Å²) in [6.07, 6.45) is -59.4. The summed E-state index contributed by atoms with van der Waals surface area (Å²) in [5, 5.41) is 186. The molecule has 22 aliphatic heterocycles. The highest BCUT2D eigenvalue weighted by atomic mass is 17.2. The van der Waals surface area contributed by atoms with Crippen LogP contribution in [0.1, 0.15) is 6.92 Å². The quantitative estimate of drug-likeness (QED) is 0.0793. The molecular weight excluding hydrogens is 968 g/mol. The SMILES string of the molecule is CC(=O)OO[C@@H]1[C@@H](O)[C@H]2O[C@H]3[C@H](O)[C@@H](O)[C@@H](O[C@H]4[C@H](O)[C@@H](O)[C@@H](O[C@H]5[C@H](O)[C@@H](O)[C@@H](O[C@H]6[C@H](O)[C@@H](O)[C@@H](O[C@H]7[C@H](O)[C@@H](O)[C@@H](O[C@H]1[C@@H](CO)O2)O[C@@H]7CO)O[C@@H]6CO)O[C@@H]5CO)O[C@@H]4CO)O[C@@H]3CO. The van der Waals surface area contributed by atoms with Crippen molar-refractivity contribution in [1.29, 1.82) is 0 Å². The third kappa shape index (κ3) is 11.1. The molecule has 32 heteroatoms. The molecule has 0 aromatic heterocycles. The van der Waals surface area contributed by atoms with Crippen molar-refractivity contribution in [3.63, 3.8) is 0 Å². The zero-order valence-electron chi connectivity index (χ0n) is 36.8. The number of hydrogen-bond donors (Lipinski definition) is 17. The fraction of sp³-hybridized carbons (Fsp3) is 0.974. The van der Waals surface area contributed by atoms with Gasteiger partial charge in [0.1, 0.15) is 140 Å². The molecular formula is C38H62O32. The van der Waals surface area contributed by atoms with Crippen LogP contribution < -0.4 is 0 Å². The minimum Gasteiger partial charge on any atom is -0.394 e. The van der Waals surface area contributed by atoms with Gasteiger partial charge in [0, 0.05) is 6.92 Å². The maximum atomic E-state index is 11.9. The summed E-state index contributed by atoms with van der Waals surface area (Å²) in [6, 6.07) is 0. The highest BCUT2D eigenvalue weighted by Gasteiger charge is 2.59. The van der Waals surface area contributed by atoms with Crippen LogP contribution in [0, 0.1) is 0 Å². The smallest absolute Gasteiger partial charge is 0.339 e. The lowest BCUT2D eigenvalue weighted by Crippen LogP contribution is -2.69. The summed E-state index contributed by atoms with van der Waals surface area (Å²) in [5.74, 6) is -1.09. The lowest BCUT2D eigenvalue weighted by atomic mass is 9.94. The molecule has 70 heavy (non-hydrogen) atoms. The van der Waals surface area contributed by atoms with Crippen LogP contribution in [0.15, 0.2) is 0 Å². The molecule has 0 aromatic carbocycles. The summed E-state index contributed by atoms with van der Waals surface area (Å²) in [5.41, 5.74) is 0. The van der Waals surface area contributed by atoms with Gasteiger partial charge in [-0.3, -0.25) is 4.89 Å². The van der Waals surface area contributed by atoms with E-state index in [-0.39, 0.29) is 0 Å². The molecule has 32 nitrogen and oxygen atoms in total. The summed E-state index contributed by atoms with van der Waals surface area (Å²) < 4.78 is 68.5. The standard InChI is InChI=1S/C38H62O32/c1-8(45)69-70-32-25(56)38-62-14(7-44)31(32)68-37-24(55)19(50)29(12(5-42)61-37)66-35-22(53)17(48)27(10(3-40)59-35)64-33-20(51)15(46)26(9(2-39)57-33)63-34-21(52)16(47)28(11(4-41)58-34)65-36-23(54)18(49)30(67-38)13(6-43)60-36/h9-44,46-56H,2-7H2,1H3/t9-,10-,11-,12-,13-,14-,15-,16-,17-,18-,19-,20-,21-,22-,23-,24-,25-,26-,27-,28-,29-,30-,31+,32-,33-,34-,35-,36-,37-,38-/m1/s1. The normalized spacial score (nSPS) is 52.8. The highest BCUT2D eigenvalue weighted by molar-refractivity contribution is 5.65. The molecule has 0 unspecified atom stereocenters. The zero-order chi connectivity index (χ0) is 51.0. The number of ether oxygens (including phenoxy) is 12. The van der Waals surface area contributed by atoms with Crippen molar-refractivity contribution >= 4 is 5.97 Å². The van der Waals surface area contributed by atoms with Gasteiger partial charge in [-0.1, -0.05) is 0 Å². The molecule has 0 aromatic rings. The van der Waals surface area contributed by atoms with E-state index in [0.29, 0.717) is 0 Å². The zero-order valence-corrected chi connectivity index (χ0v) is 36.8. The second kappa shape index (κ2) is 23.9. The van der Waals surface area contributed by atoms with Crippen LogP contribution >= 0.6 is 0 Å². The van der Waals surface area contributed by atoms with Gasteiger partial charge in [0.25, 0.3) is 0 Å². The Morgan fingerprint density at radius 2 is 0.514 bits per heavy atom. The van der Waals surface area contributed by atoms with Gasteiger partial charge < -0.3 is 144 Å². The van der Waals surface area contributed by atoms with E-state index >= 15 is 0 Å². The average Bonchev–Trinajstić information content (AvgIpc) is 3.34. The van der Waals surface area contributed by atoms with E-state index in [0.717, 1.165) is 6.92 Å². The number of hydrogen-bond acceptors (Lipinski definition) is 32. The second-order valence-corrected chi connectivity index (χ2v) is 17.5. The van der Waals surface area contributed by atoms with Crippen molar-refractivity contribution in [2.75, 3.05) is 39.6 Å². The van der Waals surface area contributed by atoms with Crippen LogP contribution in [0.3, 0.4) is 0 Å². The fourth-order valence-corrected chi connectivity index (χ4v) is 9.15. The minimum atomic E-state index is -2.21. The van der Waals surface area contributed by atoms with E-state index in [4.69, 9.17) is 61.7 Å². The highest BCUT2D eigenvalue weighted by Crippen LogP contribution is 2.38. The van der Waals surface area contributed by atoms with E-state index in [9.17, 15) is 91.6 Å². The molecule has 406 valence electrons. The van der Waals surface area contributed by atoms with Gasteiger partial charge >= 0.3 is 5.97 Å². The fourth-order valence-electron chi connectivity index (χ4n) is 9.15. The summed E-state index contributed by atoms with van der Waals surface area (Å²) in [7, 11) is 0. The molecule has 0 spiro atoms. The van der Waals surface area contributed by atoms with E-state index in [1.165, 1.54) is 0 Å². The average molecular weight is 1030 g/mol. The third-order valence-corrected chi connectivity index (χ3v) is 12.9. The number of aliphatic hydroxyl groups excluding tert-OH is 17. The summed E-state index contributed by atoms with van der Waals surface area (Å²) >= 11 is 0. The molecule has 30 atom stereocenters. The van der Waals surface area contributed by atoms with E-state index in [1.807, 2.05) is 0 Å². The molecule has 0 aliphatic carbocycles. The molecule has 0 saturated carbocycles. The van der Waals surface area contributed by atoms with Crippen molar-refractivity contribution < 1.29 is 158 Å². The molecule has 17 N–H and O–H groups in total. The van der Waals surface area contributed by atoms with Gasteiger partial charge in [0.2, 0.25) is 0 Å². The van der Waals surface area contributed by atoms with E-state index in [2.05, 4.69) is 4.89 Å². The molecule has 22 saturated heterocycles. The second-order valence-electron chi connectivity index (χ2n) is 17.5. The van der Waals surface area contributed by atoms with Crippen molar-refractivity contribution in [3.05, 3.63) is 0 Å². The number of carbonyl (C=O) groups excluding carboxylic acids is 1. The van der Waals surface area contributed by atoms with Crippen molar-refractivity contribution in [2.45, 2.75) is 191 Å². The molecule has 22 fully saturated rings. The lowest BCUT2D eigenvalue weighted by molar-refractivity contribution is -0.421. The Kier molecular flexibility index (Phi) is 19.1. The Hall–Kier alpha value is -1.73. The molecule has 22 rings (SSSR count). The predicted molar refractivity (Wildman–Crippen MR) is 206 cm³/mol. The maximum Gasteiger partial charge on any atom is 0.339 e.